The summed E-state index contributed by atoms with van der Waals surface area (Å²) in [6, 6.07) is 21.4. The zero-order chi connectivity index (χ0) is 24.6. The molecule has 2 aliphatic rings. The van der Waals surface area contributed by atoms with Crippen LogP contribution >= 0.6 is 23.2 Å². The maximum Gasteiger partial charge on any atom is 0.150 e. The molecule has 1 saturated carbocycles. The fourth-order valence-electron chi connectivity index (χ4n) is 4.70. The van der Waals surface area contributed by atoms with E-state index in [0.717, 1.165) is 55.0 Å². The molecule has 0 spiro atoms. The van der Waals surface area contributed by atoms with Crippen LogP contribution in [-0.2, 0) is 6.61 Å². The third-order valence-corrected chi connectivity index (χ3v) is 7.61. The molecule has 0 bridgehead atoms. The molecule has 0 N–H and O–H groups in total. The molecule has 1 aromatic heterocycles. The van der Waals surface area contributed by atoms with Crippen LogP contribution in [-0.4, -0.2) is 24.5 Å². The number of aromatic nitrogens is 1. The average molecular weight is 519 g/mol. The van der Waals surface area contributed by atoms with Crippen molar-refractivity contribution >= 4 is 35.2 Å². The van der Waals surface area contributed by atoms with E-state index in [-0.39, 0.29) is 0 Å². The van der Waals surface area contributed by atoms with Crippen LogP contribution in [0.2, 0.25) is 10.0 Å². The minimum absolute atomic E-state index is 0.328. The summed E-state index contributed by atoms with van der Waals surface area (Å²) in [5.41, 5.74) is 5.38. The lowest BCUT2D eigenvalue weighted by atomic mass is 9.90. The van der Waals surface area contributed by atoms with Crippen molar-refractivity contribution in [1.29, 1.82) is 0 Å². The van der Waals surface area contributed by atoms with E-state index in [4.69, 9.17) is 32.5 Å². The molecule has 1 aliphatic heterocycles. The van der Waals surface area contributed by atoms with Crippen molar-refractivity contribution in [2.75, 3.05) is 18.0 Å². The van der Waals surface area contributed by atoms with Gasteiger partial charge in [0.25, 0.3) is 0 Å². The van der Waals surface area contributed by atoms with E-state index in [1.165, 1.54) is 5.56 Å². The predicted molar refractivity (Wildman–Crippen MR) is 141 cm³/mol. The van der Waals surface area contributed by atoms with Gasteiger partial charge in [0.15, 0.2) is 0 Å². The SMILES string of the molecule is O=Cc1ccc(C2CN(c3ccc(OCc4c(-c5c(Cl)cccc5Cl)noc4C4CC4)cc3)C2)cc1. The van der Waals surface area contributed by atoms with E-state index in [1.54, 1.807) is 12.1 Å². The molecule has 5 nitrogen and oxygen atoms in total. The largest absolute Gasteiger partial charge is 0.489 e. The van der Waals surface area contributed by atoms with E-state index in [2.05, 4.69) is 22.2 Å². The zero-order valence-electron chi connectivity index (χ0n) is 19.5. The Kier molecular flexibility index (Phi) is 6.20. The van der Waals surface area contributed by atoms with Gasteiger partial charge >= 0.3 is 0 Å². The summed E-state index contributed by atoms with van der Waals surface area (Å²) >= 11 is 12.9. The van der Waals surface area contributed by atoms with Crippen LogP contribution in [0.1, 0.15) is 51.9 Å². The maximum absolute atomic E-state index is 10.9. The van der Waals surface area contributed by atoms with Crippen molar-refractivity contribution in [2.45, 2.75) is 31.3 Å². The number of hydrogen-bond acceptors (Lipinski definition) is 5. The lowest BCUT2D eigenvalue weighted by Gasteiger charge is -2.41. The first-order chi connectivity index (χ1) is 17.6. The van der Waals surface area contributed by atoms with Crippen molar-refractivity contribution in [3.8, 4) is 17.0 Å². The minimum Gasteiger partial charge on any atom is -0.489 e. The number of aldehydes is 1. The summed E-state index contributed by atoms with van der Waals surface area (Å²) < 4.78 is 11.9. The second kappa shape index (κ2) is 9.64. The molecule has 7 heteroatoms. The smallest absolute Gasteiger partial charge is 0.150 e. The first-order valence-corrected chi connectivity index (χ1v) is 12.8. The van der Waals surface area contributed by atoms with Crippen LogP contribution in [0.5, 0.6) is 5.75 Å². The number of anilines is 1. The Labute approximate surface area is 219 Å². The van der Waals surface area contributed by atoms with Crippen LogP contribution in [0.25, 0.3) is 11.3 Å². The standard InChI is InChI=1S/C29H24Cl2N2O3/c30-25-2-1-3-26(31)27(25)28-24(29(36-32-28)20-8-9-20)17-35-23-12-10-22(11-13-23)33-14-21(15-33)19-6-4-18(16-34)5-7-19/h1-7,10-13,16,20-21H,8-9,14-15,17H2. The van der Waals surface area contributed by atoms with Crippen molar-refractivity contribution in [1.82, 2.24) is 5.16 Å². The highest BCUT2D eigenvalue weighted by Gasteiger charge is 2.34. The van der Waals surface area contributed by atoms with Gasteiger partial charge in [-0.25, -0.2) is 0 Å². The monoisotopic (exact) mass is 518 g/mol. The number of rotatable bonds is 8. The average Bonchev–Trinajstić information content (AvgIpc) is 3.63. The fourth-order valence-corrected chi connectivity index (χ4v) is 5.28. The van der Waals surface area contributed by atoms with Gasteiger partial charge in [-0.1, -0.05) is 58.7 Å². The molecule has 2 fully saturated rings. The summed E-state index contributed by atoms with van der Waals surface area (Å²) in [4.78, 5) is 13.2. The van der Waals surface area contributed by atoms with E-state index in [1.807, 2.05) is 42.5 Å². The number of ether oxygens (including phenoxy) is 1. The zero-order valence-corrected chi connectivity index (χ0v) is 21.0. The van der Waals surface area contributed by atoms with Crippen LogP contribution in [0.4, 0.5) is 5.69 Å². The minimum atomic E-state index is 0.328. The van der Waals surface area contributed by atoms with Gasteiger partial charge in [-0.3, -0.25) is 4.79 Å². The Bertz CT molecular complexity index is 1370. The highest BCUT2D eigenvalue weighted by atomic mass is 35.5. The number of carbonyl (C=O) groups is 1. The van der Waals surface area contributed by atoms with Crippen LogP contribution in [0, 0.1) is 0 Å². The highest BCUT2D eigenvalue weighted by Crippen LogP contribution is 2.46. The predicted octanol–water partition coefficient (Wildman–Crippen LogP) is 7.52. The van der Waals surface area contributed by atoms with Crippen molar-refractivity contribution in [3.63, 3.8) is 0 Å². The van der Waals surface area contributed by atoms with Crippen molar-refractivity contribution < 1.29 is 14.1 Å². The van der Waals surface area contributed by atoms with Gasteiger partial charge < -0.3 is 14.2 Å². The Morgan fingerprint density at radius 3 is 2.28 bits per heavy atom. The lowest BCUT2D eigenvalue weighted by Crippen LogP contribution is -2.45. The molecule has 0 atom stereocenters. The van der Waals surface area contributed by atoms with Crippen molar-refractivity contribution in [3.05, 3.63) is 99.2 Å². The first kappa shape index (κ1) is 23.1. The van der Waals surface area contributed by atoms with Crippen LogP contribution < -0.4 is 9.64 Å². The Morgan fingerprint density at radius 2 is 1.64 bits per heavy atom. The van der Waals surface area contributed by atoms with Gasteiger partial charge in [-0.15, -0.1) is 0 Å². The van der Waals surface area contributed by atoms with Gasteiger partial charge in [0, 0.05) is 41.7 Å². The Balaban J connectivity index is 1.13. The topological polar surface area (TPSA) is 55.6 Å². The number of halogens is 2. The van der Waals surface area contributed by atoms with Gasteiger partial charge in [-0.2, -0.15) is 0 Å². The van der Waals surface area contributed by atoms with Gasteiger partial charge in [-0.05, 0) is 54.8 Å². The molecule has 1 aliphatic carbocycles. The molecule has 0 unspecified atom stereocenters. The summed E-state index contributed by atoms with van der Waals surface area (Å²) in [6.45, 7) is 2.23. The maximum atomic E-state index is 10.9. The van der Waals surface area contributed by atoms with E-state index in [0.29, 0.717) is 45.3 Å². The number of hydrogen-bond donors (Lipinski definition) is 0. The van der Waals surface area contributed by atoms with E-state index < -0.39 is 0 Å². The van der Waals surface area contributed by atoms with Gasteiger partial charge in [0.2, 0.25) is 0 Å². The van der Waals surface area contributed by atoms with Crippen molar-refractivity contribution in [2.24, 2.45) is 0 Å². The molecule has 3 aromatic carbocycles. The Hall–Kier alpha value is -3.28. The third kappa shape index (κ3) is 4.49. The number of benzene rings is 3. The third-order valence-electron chi connectivity index (χ3n) is 6.98. The quantitative estimate of drug-likeness (QED) is 0.225. The number of carbonyl (C=O) groups excluding carboxylic acids is 1. The second-order valence-corrected chi connectivity index (χ2v) is 10.2. The fraction of sp³-hybridized carbons (Fsp3) is 0.241. The summed E-state index contributed by atoms with van der Waals surface area (Å²) in [5.74, 6) is 2.50. The van der Waals surface area contributed by atoms with E-state index >= 15 is 0 Å². The summed E-state index contributed by atoms with van der Waals surface area (Å²) in [7, 11) is 0. The second-order valence-electron chi connectivity index (χ2n) is 9.41. The van der Waals surface area contributed by atoms with Gasteiger partial charge in [0.1, 0.15) is 30.1 Å². The van der Waals surface area contributed by atoms with Crippen LogP contribution in [0.15, 0.2) is 71.3 Å². The molecular formula is C29H24Cl2N2O3. The van der Waals surface area contributed by atoms with E-state index in [9.17, 15) is 4.79 Å². The Morgan fingerprint density at radius 1 is 0.944 bits per heavy atom. The molecule has 6 rings (SSSR count). The normalized spacial score (nSPS) is 15.6. The molecule has 0 radical (unpaired) electrons. The van der Waals surface area contributed by atoms with Crippen LogP contribution in [0.3, 0.4) is 0 Å². The summed E-state index contributed by atoms with van der Waals surface area (Å²) in [5, 5.41) is 5.41. The van der Waals surface area contributed by atoms with Gasteiger partial charge in [0.05, 0.1) is 15.6 Å². The molecule has 1 saturated heterocycles. The lowest BCUT2D eigenvalue weighted by molar-refractivity contribution is 0.112. The molecule has 0 amide bonds. The molecule has 182 valence electrons. The molecule has 36 heavy (non-hydrogen) atoms. The summed E-state index contributed by atoms with van der Waals surface area (Å²) in [6.07, 6.45) is 3.05. The highest BCUT2D eigenvalue weighted by molar-refractivity contribution is 6.39. The molecule has 2 heterocycles. The number of nitrogens with zero attached hydrogens (tertiary/aromatic N) is 2. The molecular weight excluding hydrogens is 495 g/mol. The first-order valence-electron chi connectivity index (χ1n) is 12.1. The molecule has 4 aromatic rings.